The van der Waals surface area contributed by atoms with Crippen molar-refractivity contribution in [2.45, 2.75) is 13.5 Å². The number of aliphatic hydroxyl groups excluding tert-OH is 1. The van der Waals surface area contributed by atoms with Crippen LogP contribution in [0.4, 0.5) is 11.6 Å². The Hall–Kier alpha value is -4.23. The van der Waals surface area contributed by atoms with Crippen molar-refractivity contribution >= 4 is 46.1 Å². The van der Waals surface area contributed by atoms with Crippen LogP contribution in [0.25, 0.3) is 16.2 Å². The summed E-state index contributed by atoms with van der Waals surface area (Å²) in [5.74, 6) is -0.840. The van der Waals surface area contributed by atoms with Gasteiger partial charge in [0.25, 0.3) is 0 Å². The van der Waals surface area contributed by atoms with Gasteiger partial charge in [-0.15, -0.1) is 0 Å². The molecule has 5 rings (SSSR count). The molecule has 35 heavy (non-hydrogen) atoms. The van der Waals surface area contributed by atoms with E-state index in [-0.39, 0.29) is 35.0 Å². The lowest BCUT2D eigenvalue weighted by Gasteiger charge is -2.39. The van der Waals surface area contributed by atoms with Gasteiger partial charge in [-0.2, -0.15) is 4.37 Å². The minimum atomic E-state index is -1.34. The molecule has 1 fully saturated rings. The molecule has 12 nitrogen and oxygen atoms in total. The molecule has 178 valence electrons. The van der Waals surface area contributed by atoms with Crippen molar-refractivity contribution < 1.29 is 19.8 Å². The third-order valence-electron chi connectivity index (χ3n) is 5.76. The zero-order valence-corrected chi connectivity index (χ0v) is 19.2. The molecule has 0 radical (unpaired) electrons. The Morgan fingerprint density at radius 1 is 1.26 bits per heavy atom. The van der Waals surface area contributed by atoms with E-state index in [1.165, 1.54) is 23.3 Å². The van der Waals surface area contributed by atoms with E-state index < -0.39 is 11.4 Å². The van der Waals surface area contributed by atoms with Crippen LogP contribution in [-0.4, -0.2) is 59.1 Å². The number of carboxylic acid groups (broad SMARTS) is 1. The molecule has 0 unspecified atom stereocenters. The number of aromatic nitrogens is 5. The van der Waals surface area contributed by atoms with Gasteiger partial charge in [-0.25, -0.2) is 19.7 Å². The normalized spacial score (nSPS) is 13.6. The molecule has 4 aromatic rings. The Morgan fingerprint density at radius 2 is 2.06 bits per heavy atom. The summed E-state index contributed by atoms with van der Waals surface area (Å²) in [6.45, 7) is 2.42. The number of amides is 1. The highest BCUT2D eigenvalue weighted by molar-refractivity contribution is 7.08. The van der Waals surface area contributed by atoms with Crippen LogP contribution in [0.1, 0.15) is 21.5 Å². The predicted octanol–water partition coefficient (Wildman–Crippen LogP) is 1.21. The summed E-state index contributed by atoms with van der Waals surface area (Å²) in [7, 11) is 0. The summed E-state index contributed by atoms with van der Waals surface area (Å²) >= 11 is 1.04. The summed E-state index contributed by atoms with van der Waals surface area (Å²) in [6.07, 6.45) is 4.05. The number of hydrogen-bond donors (Lipinski definition) is 3. The minimum Gasteiger partial charge on any atom is -0.477 e. The Labute approximate surface area is 201 Å². The van der Waals surface area contributed by atoms with Crippen molar-refractivity contribution in [3.8, 4) is 5.13 Å². The highest BCUT2D eigenvalue weighted by Crippen LogP contribution is 2.28. The van der Waals surface area contributed by atoms with Crippen molar-refractivity contribution in [3.05, 3.63) is 63.8 Å². The number of rotatable bonds is 6. The number of carbonyl (C=O) groups is 2. The fraction of sp³-hybridized carbons (Fsp3) is 0.227. The van der Waals surface area contributed by atoms with E-state index in [2.05, 4.69) is 24.6 Å². The zero-order valence-electron chi connectivity index (χ0n) is 18.4. The fourth-order valence-electron chi connectivity index (χ4n) is 3.86. The van der Waals surface area contributed by atoms with Gasteiger partial charge in [0, 0.05) is 37.0 Å². The molecular weight excluding hydrogens is 474 g/mol. The molecule has 1 saturated heterocycles. The molecule has 0 aromatic carbocycles. The first-order chi connectivity index (χ1) is 16.9. The molecule has 1 amide bonds. The van der Waals surface area contributed by atoms with Crippen LogP contribution in [0.15, 0.2) is 41.7 Å². The van der Waals surface area contributed by atoms with Gasteiger partial charge in [0.2, 0.25) is 16.5 Å². The summed E-state index contributed by atoms with van der Waals surface area (Å²) in [5, 5.41) is 22.0. The van der Waals surface area contributed by atoms with E-state index in [1.807, 2.05) is 4.90 Å². The summed E-state index contributed by atoms with van der Waals surface area (Å²) < 4.78 is 5.43. The maximum atomic E-state index is 12.9. The first-order valence-electron chi connectivity index (χ1n) is 10.5. The van der Waals surface area contributed by atoms with Crippen molar-refractivity contribution in [1.82, 2.24) is 23.9 Å². The average molecular weight is 494 g/mol. The van der Waals surface area contributed by atoms with Crippen LogP contribution in [0.3, 0.4) is 0 Å². The standard InChI is InChI=1S/C22H19N7O5S/c1-11-4-16(28-6-13(7-28)20(32)26-15-3-2-12(9-30)5-23-15)27-19-17(11)18(31)14(21(33)34)8-29(19)22-24-10-25-35-22/h2-5,8,10,13,30H,6-7,9H2,1H3,(H,33,34)(H,23,26,32). The molecule has 13 heteroatoms. The monoisotopic (exact) mass is 493 g/mol. The molecule has 3 N–H and O–H groups in total. The summed E-state index contributed by atoms with van der Waals surface area (Å²) in [4.78, 5) is 51.9. The second kappa shape index (κ2) is 8.85. The van der Waals surface area contributed by atoms with Gasteiger partial charge in [0.15, 0.2) is 5.65 Å². The molecule has 1 aliphatic rings. The maximum Gasteiger partial charge on any atom is 0.341 e. The molecule has 0 spiro atoms. The number of pyridine rings is 3. The lowest BCUT2D eigenvalue weighted by Crippen LogP contribution is -2.52. The van der Waals surface area contributed by atoms with Crippen molar-refractivity contribution in [2.24, 2.45) is 5.92 Å². The average Bonchev–Trinajstić information content (AvgIpc) is 3.33. The second-order valence-electron chi connectivity index (χ2n) is 8.07. The third kappa shape index (κ3) is 4.11. The number of carbonyl (C=O) groups excluding carboxylic acids is 1. The number of aliphatic hydroxyl groups is 1. The second-order valence-corrected chi connectivity index (χ2v) is 8.83. The first kappa shape index (κ1) is 22.6. The van der Waals surface area contributed by atoms with Crippen molar-refractivity contribution in [1.29, 1.82) is 0 Å². The van der Waals surface area contributed by atoms with Crippen LogP contribution in [-0.2, 0) is 11.4 Å². The topological polar surface area (TPSA) is 163 Å². The van der Waals surface area contributed by atoms with Crippen LogP contribution < -0.4 is 15.6 Å². The van der Waals surface area contributed by atoms with Crippen LogP contribution >= 0.6 is 11.5 Å². The quantitative estimate of drug-likeness (QED) is 0.356. The van der Waals surface area contributed by atoms with Gasteiger partial charge in [-0.05, 0) is 30.2 Å². The van der Waals surface area contributed by atoms with Gasteiger partial charge in [-0.3, -0.25) is 14.2 Å². The Balaban J connectivity index is 1.42. The van der Waals surface area contributed by atoms with Gasteiger partial charge < -0.3 is 20.4 Å². The molecule has 1 aliphatic heterocycles. The lowest BCUT2D eigenvalue weighted by molar-refractivity contribution is -0.120. The molecule has 0 aliphatic carbocycles. The van der Waals surface area contributed by atoms with Crippen LogP contribution in [0.5, 0.6) is 0 Å². The Kier molecular flexibility index (Phi) is 5.70. The zero-order chi connectivity index (χ0) is 24.7. The van der Waals surface area contributed by atoms with Crippen LogP contribution in [0.2, 0.25) is 0 Å². The lowest BCUT2D eigenvalue weighted by atomic mass is 9.98. The van der Waals surface area contributed by atoms with Gasteiger partial charge >= 0.3 is 5.97 Å². The van der Waals surface area contributed by atoms with E-state index in [4.69, 9.17) is 5.11 Å². The SMILES string of the molecule is Cc1cc(N2CC(C(=O)Nc3ccc(CO)cn3)C2)nc2c1c(=O)c(C(=O)O)cn2-c1ncns1. The number of carboxylic acids is 1. The molecule has 0 saturated carbocycles. The number of nitrogens with one attached hydrogen (secondary N) is 1. The predicted molar refractivity (Wildman–Crippen MR) is 127 cm³/mol. The summed E-state index contributed by atoms with van der Waals surface area (Å²) in [5.41, 5.74) is 0.486. The maximum absolute atomic E-state index is 12.9. The Bertz CT molecular complexity index is 1500. The van der Waals surface area contributed by atoms with E-state index in [0.29, 0.717) is 41.0 Å². The van der Waals surface area contributed by atoms with E-state index >= 15 is 0 Å². The number of fused-ring (bicyclic) bond motifs is 1. The number of aryl methyl sites for hydroxylation is 1. The van der Waals surface area contributed by atoms with Crippen molar-refractivity contribution in [3.63, 3.8) is 0 Å². The number of anilines is 2. The third-order valence-corrected chi connectivity index (χ3v) is 6.43. The van der Waals surface area contributed by atoms with Gasteiger partial charge in [-0.1, -0.05) is 6.07 Å². The molecule has 0 bridgehead atoms. The molecule has 4 aromatic heterocycles. The smallest absolute Gasteiger partial charge is 0.341 e. The minimum absolute atomic E-state index is 0.124. The number of aromatic carboxylic acids is 1. The highest BCUT2D eigenvalue weighted by Gasteiger charge is 2.34. The van der Waals surface area contributed by atoms with E-state index in [9.17, 15) is 19.5 Å². The first-order valence-corrected chi connectivity index (χ1v) is 11.3. The number of nitrogens with zero attached hydrogens (tertiary/aromatic N) is 6. The van der Waals surface area contributed by atoms with E-state index in [1.54, 1.807) is 25.1 Å². The number of hydrogen-bond acceptors (Lipinski definition) is 10. The molecule has 0 atom stereocenters. The Morgan fingerprint density at radius 3 is 2.69 bits per heavy atom. The van der Waals surface area contributed by atoms with Crippen LogP contribution in [0, 0.1) is 12.8 Å². The summed E-state index contributed by atoms with van der Waals surface area (Å²) in [6, 6.07) is 5.03. The fourth-order valence-corrected chi connectivity index (χ4v) is 4.37. The highest BCUT2D eigenvalue weighted by atomic mass is 32.1. The van der Waals surface area contributed by atoms with Gasteiger partial charge in [0.05, 0.1) is 17.9 Å². The largest absolute Gasteiger partial charge is 0.477 e. The molecular formula is C22H19N7O5S. The van der Waals surface area contributed by atoms with E-state index in [0.717, 1.165) is 11.5 Å². The molecule has 5 heterocycles. The van der Waals surface area contributed by atoms with Gasteiger partial charge in [0.1, 0.15) is 23.5 Å². The van der Waals surface area contributed by atoms with Crippen molar-refractivity contribution in [2.75, 3.05) is 23.3 Å².